The van der Waals surface area contributed by atoms with Crippen molar-refractivity contribution in [2.45, 2.75) is 32.8 Å². The molecule has 1 aromatic carbocycles. The van der Waals surface area contributed by atoms with Crippen LogP contribution in [0.5, 0.6) is 5.75 Å². The van der Waals surface area contributed by atoms with Crippen LogP contribution in [0.2, 0.25) is 0 Å². The van der Waals surface area contributed by atoms with E-state index in [2.05, 4.69) is 5.32 Å². The number of para-hydroxylation sites is 1. The number of aliphatic hydroxyl groups is 1. The second-order valence-electron chi connectivity index (χ2n) is 4.35. The van der Waals surface area contributed by atoms with Gasteiger partial charge in [-0.05, 0) is 32.4 Å². The van der Waals surface area contributed by atoms with Crippen molar-refractivity contribution in [2.24, 2.45) is 0 Å². The zero-order valence-electron chi connectivity index (χ0n) is 10.8. The van der Waals surface area contributed by atoms with Crippen molar-refractivity contribution in [3.05, 3.63) is 18.2 Å². The zero-order valence-corrected chi connectivity index (χ0v) is 10.8. The van der Waals surface area contributed by atoms with Gasteiger partial charge in [-0.2, -0.15) is 0 Å². The third kappa shape index (κ3) is 3.82. The number of rotatable bonds is 6. The highest BCUT2D eigenvalue weighted by atomic mass is 16.5. The lowest BCUT2D eigenvalue weighted by Crippen LogP contribution is -2.32. The fraction of sp³-hybridized carbons (Fsp3) is 0.538. The summed E-state index contributed by atoms with van der Waals surface area (Å²) >= 11 is 0. The summed E-state index contributed by atoms with van der Waals surface area (Å²) in [5.74, 6) is 0.675. The molecule has 0 fully saturated rings. The van der Waals surface area contributed by atoms with Crippen molar-refractivity contribution in [2.75, 3.05) is 24.2 Å². The van der Waals surface area contributed by atoms with Crippen LogP contribution in [0.3, 0.4) is 0 Å². The van der Waals surface area contributed by atoms with Crippen LogP contribution in [0.15, 0.2) is 18.2 Å². The number of ether oxygens (including phenoxy) is 1. The van der Waals surface area contributed by atoms with Crippen molar-refractivity contribution in [3.63, 3.8) is 0 Å². The molecule has 4 heteroatoms. The molecule has 1 aromatic rings. The van der Waals surface area contributed by atoms with Crippen LogP contribution in [0, 0.1) is 0 Å². The van der Waals surface area contributed by atoms with E-state index in [1.807, 2.05) is 32.0 Å². The smallest absolute Gasteiger partial charge is 0.144 e. The van der Waals surface area contributed by atoms with Gasteiger partial charge >= 0.3 is 0 Å². The van der Waals surface area contributed by atoms with Crippen molar-refractivity contribution >= 4 is 11.4 Å². The second-order valence-corrected chi connectivity index (χ2v) is 4.35. The number of benzene rings is 1. The SMILES string of the molecule is CCOc1cccc(NCC(C)(O)CC)c1N. The van der Waals surface area contributed by atoms with Crippen molar-refractivity contribution in [1.82, 2.24) is 0 Å². The molecule has 0 amide bonds. The minimum absolute atomic E-state index is 0.462. The summed E-state index contributed by atoms with van der Waals surface area (Å²) in [5.41, 5.74) is 6.62. The summed E-state index contributed by atoms with van der Waals surface area (Å²) < 4.78 is 5.41. The van der Waals surface area contributed by atoms with E-state index in [-0.39, 0.29) is 0 Å². The molecule has 0 spiro atoms. The molecule has 4 N–H and O–H groups in total. The highest BCUT2D eigenvalue weighted by Gasteiger charge is 2.17. The van der Waals surface area contributed by atoms with Gasteiger partial charge in [-0.1, -0.05) is 13.0 Å². The number of nitrogens with one attached hydrogen (secondary N) is 1. The third-order valence-electron chi connectivity index (χ3n) is 2.79. The van der Waals surface area contributed by atoms with E-state index in [9.17, 15) is 5.11 Å². The molecule has 4 nitrogen and oxygen atoms in total. The first-order valence-electron chi connectivity index (χ1n) is 5.97. The van der Waals surface area contributed by atoms with Gasteiger partial charge in [0, 0.05) is 6.54 Å². The molecule has 1 unspecified atom stereocenters. The molecule has 0 saturated heterocycles. The zero-order chi connectivity index (χ0) is 12.9. The number of hydrogen-bond donors (Lipinski definition) is 3. The molecule has 1 rings (SSSR count). The number of anilines is 2. The summed E-state index contributed by atoms with van der Waals surface area (Å²) in [7, 11) is 0. The largest absolute Gasteiger partial charge is 0.492 e. The van der Waals surface area contributed by atoms with Gasteiger partial charge in [-0.3, -0.25) is 0 Å². The molecule has 0 bridgehead atoms. The van der Waals surface area contributed by atoms with E-state index in [1.54, 1.807) is 6.92 Å². The Hall–Kier alpha value is -1.42. The lowest BCUT2D eigenvalue weighted by Gasteiger charge is -2.23. The van der Waals surface area contributed by atoms with Gasteiger partial charge in [-0.15, -0.1) is 0 Å². The minimum atomic E-state index is -0.728. The maximum atomic E-state index is 9.91. The molecule has 17 heavy (non-hydrogen) atoms. The Morgan fingerprint density at radius 2 is 2.12 bits per heavy atom. The standard InChI is InChI=1S/C13H22N2O2/c1-4-13(3,16)9-15-10-7-6-8-11(12(10)14)17-5-2/h6-8,15-16H,4-5,9,14H2,1-3H3. The fourth-order valence-electron chi connectivity index (χ4n) is 1.39. The summed E-state index contributed by atoms with van der Waals surface area (Å²) in [6.45, 7) is 6.70. The second kappa shape index (κ2) is 5.77. The van der Waals surface area contributed by atoms with Crippen LogP contribution in [0.25, 0.3) is 0 Å². The Labute approximate surface area is 103 Å². The van der Waals surface area contributed by atoms with Crippen LogP contribution in [-0.2, 0) is 0 Å². The van der Waals surface area contributed by atoms with Crippen molar-refractivity contribution < 1.29 is 9.84 Å². The average Bonchev–Trinajstić information content (AvgIpc) is 2.31. The van der Waals surface area contributed by atoms with E-state index in [4.69, 9.17) is 10.5 Å². The number of nitrogens with two attached hydrogens (primary N) is 1. The monoisotopic (exact) mass is 238 g/mol. The van der Waals surface area contributed by atoms with E-state index in [1.165, 1.54) is 0 Å². The molecule has 0 heterocycles. The maximum Gasteiger partial charge on any atom is 0.144 e. The Morgan fingerprint density at radius 3 is 2.71 bits per heavy atom. The number of hydrogen-bond acceptors (Lipinski definition) is 4. The summed E-state index contributed by atoms with van der Waals surface area (Å²) in [4.78, 5) is 0. The highest BCUT2D eigenvalue weighted by molar-refractivity contribution is 5.72. The van der Waals surface area contributed by atoms with Crippen LogP contribution >= 0.6 is 0 Å². The topological polar surface area (TPSA) is 67.5 Å². The molecule has 0 aliphatic carbocycles. The van der Waals surface area contributed by atoms with Gasteiger partial charge in [0.05, 0.1) is 23.6 Å². The van der Waals surface area contributed by atoms with E-state index in [0.717, 1.165) is 5.69 Å². The lowest BCUT2D eigenvalue weighted by atomic mass is 10.0. The van der Waals surface area contributed by atoms with Crippen LogP contribution in [0.1, 0.15) is 27.2 Å². The van der Waals surface area contributed by atoms with E-state index < -0.39 is 5.60 Å². The third-order valence-corrected chi connectivity index (χ3v) is 2.79. The average molecular weight is 238 g/mol. The highest BCUT2D eigenvalue weighted by Crippen LogP contribution is 2.29. The van der Waals surface area contributed by atoms with Crippen LogP contribution in [-0.4, -0.2) is 23.9 Å². The van der Waals surface area contributed by atoms with Crippen LogP contribution in [0.4, 0.5) is 11.4 Å². The van der Waals surface area contributed by atoms with Gasteiger partial charge in [0.15, 0.2) is 0 Å². The van der Waals surface area contributed by atoms with Crippen molar-refractivity contribution in [3.8, 4) is 5.75 Å². The lowest BCUT2D eigenvalue weighted by molar-refractivity contribution is 0.0697. The maximum absolute atomic E-state index is 9.91. The van der Waals surface area contributed by atoms with E-state index in [0.29, 0.717) is 31.0 Å². The number of nitrogen functional groups attached to an aromatic ring is 1. The molecule has 0 aliphatic rings. The molecular weight excluding hydrogens is 216 g/mol. The molecule has 0 radical (unpaired) electrons. The normalized spacial score (nSPS) is 14.1. The molecular formula is C13H22N2O2. The molecule has 0 aromatic heterocycles. The van der Waals surface area contributed by atoms with Gasteiger partial charge < -0.3 is 20.9 Å². The Morgan fingerprint density at radius 1 is 1.41 bits per heavy atom. The Balaban J connectivity index is 2.75. The first-order valence-corrected chi connectivity index (χ1v) is 5.97. The van der Waals surface area contributed by atoms with Crippen LogP contribution < -0.4 is 15.8 Å². The van der Waals surface area contributed by atoms with Gasteiger partial charge in [-0.25, -0.2) is 0 Å². The quantitative estimate of drug-likeness (QED) is 0.665. The minimum Gasteiger partial charge on any atom is -0.492 e. The van der Waals surface area contributed by atoms with Gasteiger partial charge in [0.25, 0.3) is 0 Å². The van der Waals surface area contributed by atoms with E-state index >= 15 is 0 Å². The Bertz CT molecular complexity index is 364. The Kier molecular flexibility index (Phi) is 4.63. The molecule has 0 aliphatic heterocycles. The summed E-state index contributed by atoms with van der Waals surface area (Å²) in [6.07, 6.45) is 0.686. The molecule has 0 saturated carbocycles. The summed E-state index contributed by atoms with van der Waals surface area (Å²) in [6, 6.07) is 5.59. The predicted molar refractivity (Wildman–Crippen MR) is 71.4 cm³/mol. The predicted octanol–water partition coefficient (Wildman–Crippen LogP) is 2.24. The first kappa shape index (κ1) is 13.6. The molecule has 1 atom stereocenters. The fourth-order valence-corrected chi connectivity index (χ4v) is 1.39. The summed E-state index contributed by atoms with van der Waals surface area (Å²) in [5, 5.41) is 13.1. The van der Waals surface area contributed by atoms with Gasteiger partial charge in [0.2, 0.25) is 0 Å². The van der Waals surface area contributed by atoms with Crippen molar-refractivity contribution in [1.29, 1.82) is 0 Å². The van der Waals surface area contributed by atoms with Gasteiger partial charge in [0.1, 0.15) is 5.75 Å². The molecule has 96 valence electrons. The first-order chi connectivity index (χ1) is 8.00.